The highest BCUT2D eigenvalue weighted by Crippen LogP contribution is 2.36. The monoisotopic (exact) mass is 706 g/mol. The largest absolute Gasteiger partial charge is 0.573 e. The van der Waals surface area contributed by atoms with Crippen molar-refractivity contribution in [1.82, 2.24) is 14.8 Å². The molecule has 0 aliphatic carbocycles. The Labute approximate surface area is 277 Å². The van der Waals surface area contributed by atoms with Gasteiger partial charge in [-0.25, -0.2) is 14.5 Å². The number of anilines is 2. The van der Waals surface area contributed by atoms with Crippen molar-refractivity contribution in [1.29, 1.82) is 0 Å². The van der Waals surface area contributed by atoms with Gasteiger partial charge in [0.1, 0.15) is 17.8 Å². The van der Waals surface area contributed by atoms with E-state index in [1.807, 2.05) is 0 Å². The fourth-order valence-corrected chi connectivity index (χ4v) is 5.37. The Morgan fingerprint density at radius 1 is 1.02 bits per heavy atom. The molecule has 3 amide bonds. The second kappa shape index (κ2) is 14.0. The molecule has 0 unspecified atom stereocenters. The van der Waals surface area contributed by atoms with Gasteiger partial charge in [0.05, 0.1) is 35.8 Å². The third-order valence-electron chi connectivity index (χ3n) is 6.69. The molecule has 11 nitrogen and oxygen atoms in total. The molecule has 1 aromatic heterocycles. The highest BCUT2D eigenvalue weighted by Gasteiger charge is 2.34. The van der Waals surface area contributed by atoms with Gasteiger partial charge in [0.25, 0.3) is 0 Å². The Morgan fingerprint density at radius 3 is 2.43 bits per heavy atom. The Kier molecular flexibility index (Phi) is 9.98. The van der Waals surface area contributed by atoms with Crippen LogP contribution < -0.4 is 19.7 Å². The maximum absolute atomic E-state index is 13.1. The Bertz CT molecular complexity index is 1930. The number of halogens is 6. The third-order valence-corrected chi connectivity index (χ3v) is 7.61. The number of carbonyl (C=O) groups is 3. The molecule has 4 aromatic rings. The van der Waals surface area contributed by atoms with Gasteiger partial charge in [-0.05, 0) is 74.0 Å². The predicted octanol–water partition coefficient (Wildman–Crippen LogP) is 7.34. The minimum absolute atomic E-state index is 0.00296. The van der Waals surface area contributed by atoms with E-state index >= 15 is 0 Å². The molecule has 1 saturated heterocycles. The number of amidine groups is 1. The summed E-state index contributed by atoms with van der Waals surface area (Å²) in [5.74, 6) is -1.26. The number of alkyl halides is 6. The lowest BCUT2D eigenvalue weighted by atomic mass is 10.0. The van der Waals surface area contributed by atoms with Crippen LogP contribution in [0.4, 0.5) is 42.5 Å². The lowest BCUT2D eigenvalue weighted by Crippen LogP contribution is -2.31. The normalized spacial score (nSPS) is 14.3. The summed E-state index contributed by atoms with van der Waals surface area (Å²) < 4.78 is 86.0. The molecule has 0 bridgehead atoms. The van der Waals surface area contributed by atoms with E-state index in [1.165, 1.54) is 60.4 Å². The van der Waals surface area contributed by atoms with Crippen LogP contribution in [0, 0.1) is 6.92 Å². The zero-order valence-electron chi connectivity index (χ0n) is 25.4. The number of hydrogen-bond acceptors (Lipinski definition) is 8. The van der Waals surface area contributed by atoms with Gasteiger partial charge in [0, 0.05) is 11.1 Å². The number of aliphatic imine (C=N–C) groups is 1. The molecule has 1 aliphatic rings. The van der Waals surface area contributed by atoms with Gasteiger partial charge in [-0.2, -0.15) is 18.2 Å². The highest BCUT2D eigenvalue weighted by molar-refractivity contribution is 8.15. The third kappa shape index (κ3) is 8.95. The molecule has 3 aromatic carbocycles. The zero-order valence-corrected chi connectivity index (χ0v) is 26.2. The standard InChI is InChI=1S/C31H24F6N6O5S/c1-17-3-10-25(47-12-11-30(32,33)34)24(13-17)43-26(45)15-49-29(43)40-28(46)39-23-9-4-19(14-22(23)18(2)44)27-38-16-42(41-27)20-5-7-21(8-6-20)48-31(35,36)37/h3-10,13-14,16H,11-12,15H2,1-2H3,(H,39,46). The first-order valence-corrected chi connectivity index (χ1v) is 15.1. The maximum atomic E-state index is 13.1. The summed E-state index contributed by atoms with van der Waals surface area (Å²) in [6.07, 6.45) is -9.17. The SMILES string of the molecule is CC(=O)c1cc(-c2ncn(-c3ccc(OC(F)(F)F)cc3)n2)ccc1NC(=O)N=C1SCC(=O)N1c1cc(C)ccc1OCCC(F)(F)F. The average molecular weight is 707 g/mol. The van der Waals surface area contributed by atoms with Crippen molar-refractivity contribution in [2.24, 2.45) is 4.99 Å². The number of carbonyl (C=O) groups excluding carboxylic acids is 3. The topological polar surface area (TPSA) is 128 Å². The van der Waals surface area contributed by atoms with Gasteiger partial charge in [0.2, 0.25) is 5.91 Å². The highest BCUT2D eigenvalue weighted by atomic mass is 32.2. The Balaban J connectivity index is 1.34. The number of ketones is 1. The molecule has 0 radical (unpaired) electrons. The number of aromatic nitrogens is 3. The van der Waals surface area contributed by atoms with Crippen LogP contribution in [0.3, 0.4) is 0 Å². The van der Waals surface area contributed by atoms with Crippen molar-refractivity contribution < 1.29 is 50.2 Å². The van der Waals surface area contributed by atoms with E-state index < -0.39 is 49.0 Å². The van der Waals surface area contributed by atoms with Crippen LogP contribution in [-0.2, 0) is 4.79 Å². The van der Waals surface area contributed by atoms with Gasteiger partial charge in [-0.3, -0.25) is 14.5 Å². The van der Waals surface area contributed by atoms with E-state index in [2.05, 4.69) is 25.1 Å². The number of rotatable bonds is 9. The molecule has 5 rings (SSSR count). The van der Waals surface area contributed by atoms with Gasteiger partial charge in [-0.15, -0.1) is 18.3 Å². The number of benzene rings is 3. The maximum Gasteiger partial charge on any atom is 0.573 e. The first-order valence-electron chi connectivity index (χ1n) is 14.1. The van der Waals surface area contributed by atoms with Crippen LogP contribution in [0.1, 0.15) is 29.3 Å². The number of Topliss-reactive ketones (excluding diaryl/α,β-unsaturated/α-hetero) is 1. The van der Waals surface area contributed by atoms with Gasteiger partial charge in [0.15, 0.2) is 16.8 Å². The first kappa shape index (κ1) is 34.9. The molecular weight excluding hydrogens is 682 g/mol. The van der Waals surface area contributed by atoms with Crippen molar-refractivity contribution >= 4 is 46.0 Å². The van der Waals surface area contributed by atoms with Crippen molar-refractivity contribution in [2.45, 2.75) is 32.8 Å². The molecule has 49 heavy (non-hydrogen) atoms. The fourth-order valence-electron chi connectivity index (χ4n) is 4.52. The summed E-state index contributed by atoms with van der Waals surface area (Å²) in [4.78, 5) is 47.8. The number of amides is 3. The number of aryl methyl sites for hydroxylation is 1. The van der Waals surface area contributed by atoms with Crippen LogP contribution >= 0.6 is 11.8 Å². The minimum atomic E-state index is -4.84. The molecule has 1 aliphatic heterocycles. The number of nitrogens with one attached hydrogen (secondary N) is 1. The van der Waals surface area contributed by atoms with E-state index in [1.54, 1.807) is 13.0 Å². The van der Waals surface area contributed by atoms with Crippen molar-refractivity contribution in [2.75, 3.05) is 22.6 Å². The summed E-state index contributed by atoms with van der Waals surface area (Å²) in [5, 5.41) is 6.79. The average Bonchev–Trinajstić information content (AvgIpc) is 3.64. The smallest absolute Gasteiger partial charge is 0.491 e. The lowest BCUT2D eigenvalue weighted by Gasteiger charge is -2.21. The lowest BCUT2D eigenvalue weighted by molar-refractivity contribution is -0.274. The zero-order chi connectivity index (χ0) is 35.5. The van der Waals surface area contributed by atoms with Gasteiger partial charge >= 0.3 is 18.6 Å². The molecular formula is C31H24F6N6O5S. The number of thioether (sulfide) groups is 1. The van der Waals surface area contributed by atoms with E-state index in [4.69, 9.17) is 4.74 Å². The van der Waals surface area contributed by atoms with Crippen LogP contribution in [0.5, 0.6) is 11.5 Å². The van der Waals surface area contributed by atoms with Crippen LogP contribution in [0.15, 0.2) is 72.0 Å². The van der Waals surface area contributed by atoms with Gasteiger partial charge < -0.3 is 14.8 Å². The van der Waals surface area contributed by atoms with E-state index in [-0.39, 0.29) is 39.4 Å². The number of ether oxygens (including phenoxy) is 2. The molecule has 1 N–H and O–H groups in total. The number of nitrogens with zero attached hydrogens (tertiary/aromatic N) is 5. The molecule has 2 heterocycles. The fraction of sp³-hybridized carbons (Fsp3) is 0.226. The number of hydrogen-bond donors (Lipinski definition) is 1. The van der Waals surface area contributed by atoms with Gasteiger partial charge in [-0.1, -0.05) is 17.8 Å². The van der Waals surface area contributed by atoms with E-state index in [0.717, 1.165) is 28.8 Å². The summed E-state index contributed by atoms with van der Waals surface area (Å²) in [6.45, 7) is 2.29. The molecule has 0 atom stereocenters. The van der Waals surface area contributed by atoms with Crippen molar-refractivity contribution in [3.63, 3.8) is 0 Å². The predicted molar refractivity (Wildman–Crippen MR) is 167 cm³/mol. The molecule has 18 heteroatoms. The van der Waals surface area contributed by atoms with Crippen molar-refractivity contribution in [3.05, 3.63) is 78.1 Å². The summed E-state index contributed by atoms with van der Waals surface area (Å²) >= 11 is 0.936. The summed E-state index contributed by atoms with van der Waals surface area (Å²) in [5.41, 5.74) is 1.71. The van der Waals surface area contributed by atoms with E-state index in [9.17, 15) is 40.7 Å². The molecule has 0 saturated carbocycles. The van der Waals surface area contributed by atoms with Crippen LogP contribution in [-0.4, -0.2) is 62.6 Å². The molecule has 256 valence electrons. The summed E-state index contributed by atoms with van der Waals surface area (Å²) in [6, 6.07) is 12.9. The van der Waals surface area contributed by atoms with Crippen LogP contribution in [0.25, 0.3) is 17.1 Å². The second-order valence-electron chi connectivity index (χ2n) is 10.4. The molecule has 1 fully saturated rings. The molecule has 0 spiro atoms. The second-order valence-corrected chi connectivity index (χ2v) is 11.3. The van der Waals surface area contributed by atoms with Crippen LogP contribution in [0.2, 0.25) is 0 Å². The summed E-state index contributed by atoms with van der Waals surface area (Å²) in [7, 11) is 0. The Hall–Kier alpha value is -5.39. The quantitative estimate of drug-likeness (QED) is 0.142. The Morgan fingerprint density at radius 2 is 1.76 bits per heavy atom. The first-order chi connectivity index (χ1) is 23.1. The number of urea groups is 1. The van der Waals surface area contributed by atoms with Crippen molar-refractivity contribution in [3.8, 4) is 28.6 Å². The minimum Gasteiger partial charge on any atom is -0.491 e. The van der Waals surface area contributed by atoms with E-state index in [0.29, 0.717) is 16.8 Å².